The fourth-order valence-electron chi connectivity index (χ4n) is 5.84. The van der Waals surface area contributed by atoms with Crippen molar-refractivity contribution in [3.8, 4) is 0 Å². The largest absolute Gasteiger partial charge is 0.469 e. The molecule has 0 bridgehead atoms. The van der Waals surface area contributed by atoms with Gasteiger partial charge in [0.15, 0.2) is 8.32 Å². The zero-order valence-corrected chi connectivity index (χ0v) is 27.9. The summed E-state index contributed by atoms with van der Waals surface area (Å²) in [7, 11) is -4.16. The Morgan fingerprint density at radius 3 is 2.08 bits per heavy atom. The van der Waals surface area contributed by atoms with E-state index in [2.05, 4.69) is 82.0 Å². The smallest absolute Gasteiger partial charge is 0.374 e. The van der Waals surface area contributed by atoms with Gasteiger partial charge in [0.25, 0.3) is 0 Å². The number of carbonyl (C=O) groups is 2. The van der Waals surface area contributed by atoms with Crippen LogP contribution in [0.25, 0.3) is 0 Å². The van der Waals surface area contributed by atoms with E-state index in [0.29, 0.717) is 29.7 Å². The third-order valence-corrected chi connectivity index (χ3v) is 19.6. The summed E-state index contributed by atoms with van der Waals surface area (Å²) in [5.74, 6) is -0.534. The van der Waals surface area contributed by atoms with Gasteiger partial charge in [-0.05, 0) is 58.7 Å². The normalized spacial score (nSPS) is 20.8. The fraction of sp³-hybridized carbons (Fsp3) is 0.733. The Hall–Kier alpha value is -1.49. The van der Waals surface area contributed by atoms with Gasteiger partial charge in [-0.1, -0.05) is 68.9 Å². The summed E-state index contributed by atoms with van der Waals surface area (Å²) in [4.78, 5) is 23.1. The lowest BCUT2D eigenvalue weighted by atomic mass is 9.64. The van der Waals surface area contributed by atoms with Gasteiger partial charge in [-0.2, -0.15) is 0 Å². The van der Waals surface area contributed by atoms with E-state index in [9.17, 15) is 9.59 Å². The Kier molecular flexibility index (Phi) is 10.6. The molecule has 0 amide bonds. The lowest BCUT2D eigenvalue weighted by Crippen LogP contribution is -2.56. The van der Waals surface area contributed by atoms with Gasteiger partial charge in [0.1, 0.15) is 5.76 Å². The standard InChI is InChI=1S/C30H52O6Si2/c1-19(2)38(20(3)4,21(5)6)36-27-22(7)25(15-17-34-29(32)23(8)31)26(27)28-24(14-16-33-28)18-35-37(12,13)30(9,10)11/h14,16,19-21,25-27H,7,15,17-18H2,1-6,8-13H3/t25-,26+,27-/m0/s1. The average Bonchev–Trinajstić information content (AvgIpc) is 3.24. The molecule has 0 aromatic carbocycles. The third kappa shape index (κ3) is 6.62. The number of ether oxygens (including phenoxy) is 1. The molecule has 1 aliphatic rings. The van der Waals surface area contributed by atoms with Crippen molar-refractivity contribution in [3.63, 3.8) is 0 Å². The molecule has 0 unspecified atom stereocenters. The molecule has 3 atom stereocenters. The Morgan fingerprint density at radius 2 is 1.61 bits per heavy atom. The summed E-state index contributed by atoms with van der Waals surface area (Å²) in [6, 6.07) is 2.01. The van der Waals surface area contributed by atoms with Gasteiger partial charge in [0, 0.05) is 12.5 Å². The number of carbonyl (C=O) groups excluding carboxylic acids is 2. The van der Waals surface area contributed by atoms with Crippen LogP contribution in [0, 0.1) is 5.92 Å². The van der Waals surface area contributed by atoms with Crippen LogP contribution in [0.2, 0.25) is 34.8 Å². The topological polar surface area (TPSA) is 75.0 Å². The van der Waals surface area contributed by atoms with Crippen molar-refractivity contribution in [3.05, 3.63) is 35.8 Å². The second kappa shape index (κ2) is 12.4. The monoisotopic (exact) mass is 564 g/mol. The first-order chi connectivity index (χ1) is 17.4. The van der Waals surface area contributed by atoms with Crippen LogP contribution in [0.15, 0.2) is 28.9 Å². The van der Waals surface area contributed by atoms with Gasteiger partial charge in [-0.15, -0.1) is 0 Å². The Labute approximate surface area is 233 Å². The quantitative estimate of drug-likeness (QED) is 0.104. The molecule has 216 valence electrons. The minimum absolute atomic E-state index is 0.0238. The lowest BCUT2D eigenvalue weighted by molar-refractivity contribution is -0.153. The predicted octanol–water partition coefficient (Wildman–Crippen LogP) is 8.15. The molecule has 0 saturated heterocycles. The van der Waals surface area contributed by atoms with Gasteiger partial charge >= 0.3 is 5.97 Å². The van der Waals surface area contributed by atoms with E-state index in [1.54, 1.807) is 6.26 Å². The zero-order valence-electron chi connectivity index (χ0n) is 25.9. The van der Waals surface area contributed by atoms with Crippen LogP contribution in [0.3, 0.4) is 0 Å². The number of Topliss-reactive ketones (excluding diaryl/α,β-unsaturated/α-hetero) is 1. The number of rotatable bonds is 13. The van der Waals surface area contributed by atoms with Gasteiger partial charge < -0.3 is 18.0 Å². The molecule has 1 saturated carbocycles. The van der Waals surface area contributed by atoms with E-state index < -0.39 is 28.4 Å². The van der Waals surface area contributed by atoms with Crippen molar-refractivity contribution in [2.75, 3.05) is 6.61 Å². The zero-order chi connectivity index (χ0) is 29.2. The summed E-state index contributed by atoms with van der Waals surface area (Å²) in [6.07, 6.45) is 2.13. The number of ketones is 1. The molecule has 1 fully saturated rings. The number of furan rings is 1. The molecule has 1 aliphatic carbocycles. The second-order valence-electron chi connectivity index (χ2n) is 13.4. The maximum Gasteiger partial charge on any atom is 0.374 e. The van der Waals surface area contributed by atoms with Gasteiger partial charge in [0.2, 0.25) is 14.1 Å². The van der Waals surface area contributed by atoms with Gasteiger partial charge in [0.05, 0.1) is 31.5 Å². The highest BCUT2D eigenvalue weighted by molar-refractivity contribution is 6.77. The lowest BCUT2D eigenvalue weighted by Gasteiger charge is -2.53. The van der Waals surface area contributed by atoms with Crippen LogP contribution < -0.4 is 0 Å². The SMILES string of the molecule is C=C1[C@H](CCOC(=O)C(C)=O)[C@@H](c2occc2CO[Si](C)(C)C(C)(C)C)[C@H]1O[Si](C(C)C)(C(C)C)C(C)C. The van der Waals surface area contributed by atoms with Crippen molar-refractivity contribution in [1.29, 1.82) is 0 Å². The highest BCUT2D eigenvalue weighted by Crippen LogP contribution is 2.55. The predicted molar refractivity (Wildman–Crippen MR) is 158 cm³/mol. The molecular weight excluding hydrogens is 512 g/mol. The Morgan fingerprint density at radius 1 is 1.05 bits per heavy atom. The minimum atomic E-state index is -2.20. The average molecular weight is 565 g/mol. The molecule has 1 heterocycles. The Bertz CT molecular complexity index is 963. The van der Waals surface area contributed by atoms with Crippen molar-refractivity contribution < 1.29 is 27.6 Å². The molecular formula is C30H52O6Si2. The molecule has 1 aromatic rings. The van der Waals surface area contributed by atoms with Crippen LogP contribution in [0.5, 0.6) is 0 Å². The molecule has 0 spiro atoms. The van der Waals surface area contributed by atoms with Crippen LogP contribution in [0.4, 0.5) is 0 Å². The van der Waals surface area contributed by atoms with Crippen molar-refractivity contribution in [2.24, 2.45) is 5.92 Å². The van der Waals surface area contributed by atoms with E-state index in [-0.39, 0.29) is 29.6 Å². The molecule has 0 aliphatic heterocycles. The highest BCUT2D eigenvalue weighted by atomic mass is 28.4. The molecule has 2 rings (SSSR count). The van der Waals surface area contributed by atoms with Gasteiger partial charge in [-0.3, -0.25) is 4.79 Å². The number of hydrogen-bond donors (Lipinski definition) is 0. The van der Waals surface area contributed by atoms with E-state index in [0.717, 1.165) is 16.9 Å². The maximum atomic E-state index is 11.8. The summed E-state index contributed by atoms with van der Waals surface area (Å²) < 4.78 is 25.2. The van der Waals surface area contributed by atoms with E-state index in [1.807, 2.05) is 6.07 Å². The molecule has 0 radical (unpaired) electrons. The van der Waals surface area contributed by atoms with Crippen LogP contribution in [-0.2, 0) is 29.8 Å². The summed E-state index contributed by atoms with van der Waals surface area (Å²) in [5, 5.41) is 0.105. The van der Waals surface area contributed by atoms with Crippen molar-refractivity contribution in [1.82, 2.24) is 0 Å². The van der Waals surface area contributed by atoms with Crippen LogP contribution in [0.1, 0.15) is 92.9 Å². The van der Waals surface area contributed by atoms with Crippen LogP contribution in [-0.4, -0.2) is 41.1 Å². The summed E-state index contributed by atoms with van der Waals surface area (Å²) in [5.41, 5.74) is 3.36. The molecule has 6 nitrogen and oxygen atoms in total. The molecule has 1 aromatic heterocycles. The first-order valence-electron chi connectivity index (χ1n) is 14.1. The number of hydrogen-bond acceptors (Lipinski definition) is 6. The maximum absolute atomic E-state index is 11.8. The van der Waals surface area contributed by atoms with E-state index >= 15 is 0 Å². The van der Waals surface area contributed by atoms with E-state index in [4.69, 9.17) is 18.0 Å². The van der Waals surface area contributed by atoms with Gasteiger partial charge in [-0.25, -0.2) is 4.79 Å². The minimum Gasteiger partial charge on any atom is -0.469 e. The van der Waals surface area contributed by atoms with Crippen LogP contribution >= 0.6 is 0 Å². The first kappa shape index (κ1) is 32.7. The van der Waals surface area contributed by atoms with Crippen molar-refractivity contribution >= 4 is 28.4 Å². The van der Waals surface area contributed by atoms with Crippen molar-refractivity contribution in [2.45, 2.75) is 129 Å². The summed E-state index contributed by atoms with van der Waals surface area (Å²) >= 11 is 0. The molecule has 0 N–H and O–H groups in total. The molecule has 8 heteroatoms. The summed E-state index contributed by atoms with van der Waals surface area (Å²) in [6.45, 7) is 31.2. The number of esters is 1. The second-order valence-corrected chi connectivity index (χ2v) is 23.6. The first-order valence-corrected chi connectivity index (χ1v) is 19.2. The Balaban J connectivity index is 2.41. The molecule has 38 heavy (non-hydrogen) atoms. The third-order valence-electron chi connectivity index (χ3n) is 9.07. The highest BCUT2D eigenvalue weighted by Gasteiger charge is 2.55. The fourth-order valence-corrected chi connectivity index (χ4v) is 12.3. The van der Waals surface area contributed by atoms with E-state index in [1.165, 1.54) is 6.92 Å².